The van der Waals surface area contributed by atoms with Gasteiger partial charge in [0.25, 0.3) is 0 Å². The number of carbonyl (C=O) groups excluding carboxylic acids is 2. The van der Waals surface area contributed by atoms with E-state index < -0.39 is 5.25 Å². The van der Waals surface area contributed by atoms with Gasteiger partial charge in [-0.05, 0) is 24.5 Å². The van der Waals surface area contributed by atoms with Crippen LogP contribution >= 0.6 is 23.1 Å². The van der Waals surface area contributed by atoms with Crippen molar-refractivity contribution < 1.29 is 9.59 Å². The van der Waals surface area contributed by atoms with E-state index in [0.717, 1.165) is 29.3 Å². The summed E-state index contributed by atoms with van der Waals surface area (Å²) in [7, 11) is 0. The molecular formula is C24H22N4O2S2. The lowest BCUT2D eigenvalue weighted by atomic mass is 10.0. The summed E-state index contributed by atoms with van der Waals surface area (Å²) >= 11 is 2.77. The maximum Gasteiger partial charge on any atom is 0.228 e. The van der Waals surface area contributed by atoms with Crippen LogP contribution in [0, 0.1) is 0 Å². The molecule has 1 atom stereocenters. The van der Waals surface area contributed by atoms with Gasteiger partial charge in [0.2, 0.25) is 11.0 Å². The van der Waals surface area contributed by atoms with Crippen LogP contribution in [-0.4, -0.2) is 32.9 Å². The van der Waals surface area contributed by atoms with Crippen molar-refractivity contribution in [1.82, 2.24) is 15.2 Å². The fourth-order valence-electron chi connectivity index (χ4n) is 3.74. The van der Waals surface area contributed by atoms with Crippen LogP contribution in [0.1, 0.15) is 47.4 Å². The zero-order chi connectivity index (χ0) is 22.1. The van der Waals surface area contributed by atoms with Crippen molar-refractivity contribution in [2.24, 2.45) is 0 Å². The first-order chi connectivity index (χ1) is 15.7. The number of aromatic amines is 1. The second-order valence-corrected chi connectivity index (χ2v) is 10.0. The molecular weight excluding hydrogens is 440 g/mol. The summed E-state index contributed by atoms with van der Waals surface area (Å²) in [5, 5.41) is 9.69. The zero-order valence-corrected chi connectivity index (χ0v) is 19.2. The van der Waals surface area contributed by atoms with E-state index in [-0.39, 0.29) is 17.7 Å². The Balaban J connectivity index is 1.47. The number of ketones is 1. The molecule has 8 heteroatoms. The topological polar surface area (TPSA) is 79.0 Å². The molecule has 0 bridgehead atoms. The molecule has 1 amide bonds. The largest absolute Gasteiger partial charge is 0.360 e. The summed E-state index contributed by atoms with van der Waals surface area (Å²) in [6, 6.07) is 17.8. The minimum Gasteiger partial charge on any atom is -0.360 e. The Kier molecular flexibility index (Phi) is 5.80. The Hall–Kier alpha value is -2.97. The van der Waals surface area contributed by atoms with Crippen LogP contribution in [0.15, 0.2) is 65.1 Å². The molecule has 162 valence electrons. The van der Waals surface area contributed by atoms with Crippen LogP contribution < -0.4 is 4.90 Å². The molecule has 1 aliphatic rings. The molecule has 0 saturated heterocycles. The number of Topliss-reactive ketones (excluding diaryl/α,β-unsaturated/α-hetero) is 1. The maximum absolute atomic E-state index is 13.7. The predicted molar refractivity (Wildman–Crippen MR) is 128 cm³/mol. The smallest absolute Gasteiger partial charge is 0.228 e. The number of rotatable bonds is 8. The lowest BCUT2D eigenvalue weighted by Gasteiger charge is -2.17. The van der Waals surface area contributed by atoms with Gasteiger partial charge in [0, 0.05) is 35.1 Å². The van der Waals surface area contributed by atoms with Crippen LogP contribution in [0.5, 0.6) is 0 Å². The van der Waals surface area contributed by atoms with Crippen molar-refractivity contribution >= 4 is 50.8 Å². The van der Waals surface area contributed by atoms with Gasteiger partial charge in [-0.15, -0.1) is 10.2 Å². The highest BCUT2D eigenvalue weighted by atomic mass is 32.2. The molecule has 1 aliphatic carbocycles. The van der Waals surface area contributed by atoms with E-state index in [2.05, 4.69) is 15.2 Å². The van der Waals surface area contributed by atoms with E-state index in [1.807, 2.05) is 61.5 Å². The quantitative estimate of drug-likeness (QED) is 0.208. The first kappa shape index (κ1) is 20.9. The first-order valence-corrected chi connectivity index (χ1v) is 12.3. The van der Waals surface area contributed by atoms with Crippen molar-refractivity contribution in [2.75, 3.05) is 4.90 Å². The van der Waals surface area contributed by atoms with E-state index in [1.165, 1.54) is 23.1 Å². The molecule has 0 radical (unpaired) electrons. The van der Waals surface area contributed by atoms with E-state index in [0.29, 0.717) is 21.5 Å². The van der Waals surface area contributed by atoms with Crippen LogP contribution in [0.4, 0.5) is 5.13 Å². The Morgan fingerprint density at radius 2 is 1.88 bits per heavy atom. The molecule has 32 heavy (non-hydrogen) atoms. The maximum atomic E-state index is 13.7. The highest BCUT2D eigenvalue weighted by Gasteiger charge is 2.35. The average molecular weight is 463 g/mol. The van der Waals surface area contributed by atoms with Crippen LogP contribution in [0.25, 0.3) is 10.9 Å². The fourth-order valence-corrected chi connectivity index (χ4v) is 5.93. The zero-order valence-electron chi connectivity index (χ0n) is 17.5. The normalized spacial score (nSPS) is 14.4. The molecule has 2 aromatic heterocycles. The lowest BCUT2D eigenvalue weighted by molar-refractivity contribution is -0.118. The monoisotopic (exact) mass is 462 g/mol. The van der Waals surface area contributed by atoms with Crippen LogP contribution in [-0.2, 0) is 4.79 Å². The Morgan fingerprint density at radius 3 is 2.62 bits per heavy atom. The summed E-state index contributed by atoms with van der Waals surface area (Å²) in [6.45, 7) is 1.86. The number of hydrogen-bond donors (Lipinski definition) is 1. The molecule has 4 aromatic rings. The summed E-state index contributed by atoms with van der Waals surface area (Å²) in [5.41, 5.74) is 2.50. The minimum atomic E-state index is -0.465. The van der Waals surface area contributed by atoms with Crippen molar-refractivity contribution in [2.45, 2.75) is 41.8 Å². The van der Waals surface area contributed by atoms with Gasteiger partial charge in [-0.1, -0.05) is 78.6 Å². The Labute approximate surface area is 194 Å². The molecule has 0 spiro atoms. The molecule has 2 aromatic carbocycles. The number of aromatic nitrogens is 3. The lowest BCUT2D eigenvalue weighted by Crippen LogP contribution is -2.32. The Morgan fingerprint density at radius 1 is 1.12 bits per heavy atom. The number of fused-ring (bicyclic) bond motifs is 1. The standard InChI is InChI=1S/C24H22N4O2S2/c1-2-20(29)28(16-12-13-16)23-26-27-24(32-23)31-22(15-8-4-3-5-9-15)21(30)18-14-25-19-11-7-6-10-17(18)19/h3-11,14,16,22,25H,2,12-13H2,1H3. The molecule has 5 rings (SSSR count). The van der Waals surface area contributed by atoms with Gasteiger partial charge in [0.05, 0.1) is 0 Å². The number of carbonyl (C=O) groups is 2. The van der Waals surface area contributed by atoms with E-state index >= 15 is 0 Å². The van der Waals surface area contributed by atoms with Gasteiger partial charge in [0.15, 0.2) is 10.1 Å². The fraction of sp³-hybridized carbons (Fsp3) is 0.250. The number of benzene rings is 2. The summed E-state index contributed by atoms with van der Waals surface area (Å²) in [4.78, 5) is 31.1. The number of hydrogen-bond acceptors (Lipinski definition) is 6. The SMILES string of the molecule is CCC(=O)N(c1nnc(SC(C(=O)c2c[nH]c3ccccc23)c2ccccc2)s1)C1CC1. The predicted octanol–water partition coefficient (Wildman–Crippen LogP) is 5.64. The summed E-state index contributed by atoms with van der Waals surface area (Å²) in [6.07, 6.45) is 4.22. The number of nitrogens with zero attached hydrogens (tertiary/aromatic N) is 3. The molecule has 1 fully saturated rings. The van der Waals surface area contributed by atoms with Crippen LogP contribution in [0.2, 0.25) is 0 Å². The molecule has 1 N–H and O–H groups in total. The van der Waals surface area contributed by atoms with E-state index in [4.69, 9.17) is 0 Å². The third-order valence-electron chi connectivity index (χ3n) is 5.50. The summed E-state index contributed by atoms with van der Waals surface area (Å²) in [5.74, 6) is 0.0776. The number of H-pyrrole nitrogens is 1. The van der Waals surface area contributed by atoms with Gasteiger partial charge in [0.1, 0.15) is 5.25 Å². The Bertz CT molecular complexity index is 1260. The summed E-state index contributed by atoms with van der Waals surface area (Å²) < 4.78 is 0.677. The van der Waals surface area contributed by atoms with Gasteiger partial charge in [-0.25, -0.2) is 0 Å². The van der Waals surface area contributed by atoms with Gasteiger partial charge < -0.3 is 4.98 Å². The number of anilines is 1. The van der Waals surface area contributed by atoms with Gasteiger partial charge in [-0.3, -0.25) is 14.5 Å². The van der Waals surface area contributed by atoms with Gasteiger partial charge >= 0.3 is 0 Å². The second kappa shape index (κ2) is 8.88. The third-order valence-corrected chi connectivity index (χ3v) is 7.76. The van der Waals surface area contributed by atoms with Crippen molar-refractivity contribution in [3.8, 4) is 0 Å². The molecule has 0 aliphatic heterocycles. The van der Waals surface area contributed by atoms with E-state index in [1.54, 1.807) is 11.1 Å². The van der Waals surface area contributed by atoms with Crippen molar-refractivity contribution in [3.63, 3.8) is 0 Å². The number of thioether (sulfide) groups is 1. The molecule has 1 unspecified atom stereocenters. The highest BCUT2D eigenvalue weighted by Crippen LogP contribution is 2.43. The minimum absolute atomic E-state index is 0.0130. The van der Waals surface area contributed by atoms with Crippen molar-refractivity contribution in [3.05, 3.63) is 71.9 Å². The number of nitrogens with one attached hydrogen (secondary N) is 1. The van der Waals surface area contributed by atoms with Gasteiger partial charge in [-0.2, -0.15) is 0 Å². The first-order valence-electron chi connectivity index (χ1n) is 10.6. The average Bonchev–Trinajstić information content (AvgIpc) is 3.39. The van der Waals surface area contributed by atoms with Crippen molar-refractivity contribution in [1.29, 1.82) is 0 Å². The number of amides is 1. The second-order valence-electron chi connectivity index (χ2n) is 7.72. The number of para-hydroxylation sites is 1. The third kappa shape index (κ3) is 4.08. The van der Waals surface area contributed by atoms with Crippen LogP contribution in [0.3, 0.4) is 0 Å². The van der Waals surface area contributed by atoms with E-state index in [9.17, 15) is 9.59 Å². The molecule has 6 nitrogen and oxygen atoms in total. The molecule has 2 heterocycles. The highest BCUT2D eigenvalue weighted by molar-refractivity contribution is 8.02. The molecule has 1 saturated carbocycles.